The zero-order valence-electron chi connectivity index (χ0n) is 10.5. The van der Waals surface area contributed by atoms with Crippen LogP contribution in [0.15, 0.2) is 22.7 Å². The van der Waals surface area contributed by atoms with Crippen molar-refractivity contribution in [3.05, 3.63) is 33.8 Å². The molecule has 1 rings (SSSR count). The maximum Gasteiger partial charge on any atom is 0.0208 e. The Morgan fingerprint density at radius 3 is 2.62 bits per heavy atom. The average Bonchev–Trinajstić information content (AvgIpc) is 2.19. The Kier molecular flexibility index (Phi) is 5.46. The molecule has 0 saturated heterocycles. The van der Waals surface area contributed by atoms with Crippen LogP contribution in [-0.2, 0) is 6.54 Å². The number of rotatable bonds is 5. The van der Waals surface area contributed by atoms with Crippen molar-refractivity contribution in [2.75, 3.05) is 20.6 Å². The van der Waals surface area contributed by atoms with Gasteiger partial charge in [-0.3, -0.25) is 0 Å². The van der Waals surface area contributed by atoms with Gasteiger partial charge >= 0.3 is 0 Å². The van der Waals surface area contributed by atoms with Crippen LogP contribution >= 0.6 is 15.9 Å². The molecule has 0 radical (unpaired) electrons. The number of nitrogens with zero attached hydrogens (tertiary/aromatic N) is 1. The van der Waals surface area contributed by atoms with Gasteiger partial charge in [0.1, 0.15) is 0 Å². The molecule has 0 aliphatic heterocycles. The van der Waals surface area contributed by atoms with Crippen LogP contribution in [0.25, 0.3) is 0 Å². The number of aryl methyl sites for hydroxylation is 1. The highest BCUT2D eigenvalue weighted by molar-refractivity contribution is 9.10. The highest BCUT2D eigenvalue weighted by Crippen LogP contribution is 2.17. The molecule has 1 N–H and O–H groups in total. The summed E-state index contributed by atoms with van der Waals surface area (Å²) in [4.78, 5) is 2.20. The molecule has 2 nitrogen and oxygen atoms in total. The monoisotopic (exact) mass is 284 g/mol. The summed E-state index contributed by atoms with van der Waals surface area (Å²) in [6.45, 7) is 6.31. The van der Waals surface area contributed by atoms with Gasteiger partial charge in [-0.2, -0.15) is 0 Å². The van der Waals surface area contributed by atoms with Crippen molar-refractivity contribution in [2.24, 2.45) is 0 Å². The van der Waals surface area contributed by atoms with Crippen molar-refractivity contribution < 1.29 is 0 Å². The molecule has 0 heterocycles. The molecular formula is C13H21BrN2. The van der Waals surface area contributed by atoms with E-state index in [-0.39, 0.29) is 0 Å². The quantitative estimate of drug-likeness (QED) is 0.895. The highest BCUT2D eigenvalue weighted by atomic mass is 79.9. The lowest BCUT2D eigenvalue weighted by atomic mass is 10.1. The topological polar surface area (TPSA) is 15.3 Å². The van der Waals surface area contributed by atoms with E-state index in [9.17, 15) is 0 Å². The molecule has 3 heteroatoms. The van der Waals surface area contributed by atoms with Gasteiger partial charge in [-0.05, 0) is 45.1 Å². The lowest BCUT2D eigenvalue weighted by molar-refractivity contribution is 0.349. The van der Waals surface area contributed by atoms with Crippen LogP contribution in [-0.4, -0.2) is 31.6 Å². The summed E-state index contributed by atoms with van der Waals surface area (Å²) in [5.74, 6) is 0. The zero-order chi connectivity index (χ0) is 12.1. The molecule has 1 aromatic carbocycles. The minimum absolute atomic E-state index is 0.509. The molecule has 0 aliphatic carbocycles. The smallest absolute Gasteiger partial charge is 0.0208 e. The molecular weight excluding hydrogens is 264 g/mol. The Morgan fingerprint density at radius 1 is 1.38 bits per heavy atom. The van der Waals surface area contributed by atoms with Crippen molar-refractivity contribution in [2.45, 2.75) is 26.4 Å². The summed E-state index contributed by atoms with van der Waals surface area (Å²) >= 11 is 3.56. The molecule has 0 aliphatic rings. The third-order valence-corrected chi connectivity index (χ3v) is 3.38. The molecule has 90 valence electrons. The normalized spacial score (nSPS) is 13.1. The van der Waals surface area contributed by atoms with Gasteiger partial charge in [0.25, 0.3) is 0 Å². The Morgan fingerprint density at radius 2 is 2.06 bits per heavy atom. The predicted molar refractivity (Wildman–Crippen MR) is 73.7 cm³/mol. The fraction of sp³-hybridized carbons (Fsp3) is 0.538. The van der Waals surface area contributed by atoms with E-state index in [1.54, 1.807) is 0 Å². The minimum atomic E-state index is 0.509. The molecule has 0 spiro atoms. The van der Waals surface area contributed by atoms with Crippen molar-refractivity contribution in [3.63, 3.8) is 0 Å². The maximum absolute atomic E-state index is 3.56. The molecule has 0 amide bonds. The standard InChI is InChI=1S/C13H21BrN2/c1-10-5-6-12(7-13(10)14)8-15-11(2)9-16(3)4/h5-7,11,15H,8-9H2,1-4H3. The van der Waals surface area contributed by atoms with Crippen LogP contribution in [0.4, 0.5) is 0 Å². The number of halogens is 1. The Balaban J connectivity index is 2.45. The van der Waals surface area contributed by atoms with Gasteiger partial charge in [0.15, 0.2) is 0 Å². The van der Waals surface area contributed by atoms with Crippen molar-refractivity contribution >= 4 is 15.9 Å². The molecule has 0 fully saturated rings. The van der Waals surface area contributed by atoms with Gasteiger partial charge in [0.05, 0.1) is 0 Å². The zero-order valence-corrected chi connectivity index (χ0v) is 12.1. The predicted octanol–water partition coefficient (Wildman–Crippen LogP) is 2.80. The first-order valence-electron chi connectivity index (χ1n) is 5.62. The molecule has 0 aromatic heterocycles. The largest absolute Gasteiger partial charge is 0.309 e. The van der Waals surface area contributed by atoms with E-state index >= 15 is 0 Å². The van der Waals surface area contributed by atoms with Crippen molar-refractivity contribution in [3.8, 4) is 0 Å². The first kappa shape index (κ1) is 13.7. The van der Waals surface area contributed by atoms with Crippen LogP contribution < -0.4 is 5.32 Å². The molecule has 0 saturated carbocycles. The fourth-order valence-electron chi connectivity index (χ4n) is 1.65. The summed E-state index contributed by atoms with van der Waals surface area (Å²) < 4.78 is 1.19. The SMILES string of the molecule is Cc1ccc(CNC(C)CN(C)C)cc1Br. The van der Waals surface area contributed by atoms with Crippen LogP contribution in [0, 0.1) is 6.92 Å². The number of hydrogen-bond acceptors (Lipinski definition) is 2. The Labute approximate surface area is 107 Å². The van der Waals surface area contributed by atoms with E-state index in [4.69, 9.17) is 0 Å². The van der Waals surface area contributed by atoms with Crippen molar-refractivity contribution in [1.82, 2.24) is 10.2 Å². The number of benzene rings is 1. The van der Waals surface area contributed by atoms with Gasteiger partial charge in [0.2, 0.25) is 0 Å². The number of nitrogens with one attached hydrogen (secondary N) is 1. The van der Waals surface area contributed by atoms with Gasteiger partial charge < -0.3 is 10.2 Å². The number of likely N-dealkylation sites (N-methyl/N-ethyl adjacent to an activating group) is 1. The first-order valence-corrected chi connectivity index (χ1v) is 6.41. The fourth-order valence-corrected chi connectivity index (χ4v) is 2.08. The van der Waals surface area contributed by atoms with Crippen LogP contribution in [0.1, 0.15) is 18.1 Å². The molecule has 16 heavy (non-hydrogen) atoms. The summed E-state index contributed by atoms with van der Waals surface area (Å²) in [7, 11) is 4.20. The lowest BCUT2D eigenvalue weighted by Gasteiger charge is -2.18. The highest BCUT2D eigenvalue weighted by Gasteiger charge is 2.03. The van der Waals surface area contributed by atoms with E-state index in [1.807, 2.05) is 0 Å². The Bertz CT molecular complexity index is 337. The van der Waals surface area contributed by atoms with E-state index in [0.717, 1.165) is 13.1 Å². The minimum Gasteiger partial charge on any atom is -0.309 e. The average molecular weight is 285 g/mol. The molecule has 1 aromatic rings. The van der Waals surface area contributed by atoms with Gasteiger partial charge in [0, 0.05) is 23.6 Å². The van der Waals surface area contributed by atoms with E-state index in [2.05, 4.69) is 72.3 Å². The van der Waals surface area contributed by atoms with E-state index in [0.29, 0.717) is 6.04 Å². The summed E-state index contributed by atoms with van der Waals surface area (Å²) in [6.07, 6.45) is 0. The second-order valence-electron chi connectivity index (χ2n) is 4.63. The van der Waals surface area contributed by atoms with E-state index in [1.165, 1.54) is 15.6 Å². The summed E-state index contributed by atoms with van der Waals surface area (Å²) in [5, 5.41) is 3.51. The molecule has 0 bridgehead atoms. The summed E-state index contributed by atoms with van der Waals surface area (Å²) in [5.41, 5.74) is 2.60. The van der Waals surface area contributed by atoms with Crippen LogP contribution in [0.5, 0.6) is 0 Å². The Hall–Kier alpha value is -0.380. The van der Waals surface area contributed by atoms with E-state index < -0.39 is 0 Å². The second-order valence-corrected chi connectivity index (χ2v) is 5.48. The molecule has 1 unspecified atom stereocenters. The second kappa shape index (κ2) is 6.38. The molecule has 1 atom stereocenters. The van der Waals surface area contributed by atoms with Crippen molar-refractivity contribution in [1.29, 1.82) is 0 Å². The van der Waals surface area contributed by atoms with Gasteiger partial charge in [-0.15, -0.1) is 0 Å². The van der Waals surface area contributed by atoms with Gasteiger partial charge in [-0.25, -0.2) is 0 Å². The third-order valence-electron chi connectivity index (χ3n) is 2.53. The maximum atomic E-state index is 3.56. The van der Waals surface area contributed by atoms with Crippen LogP contribution in [0.2, 0.25) is 0 Å². The number of hydrogen-bond donors (Lipinski definition) is 1. The van der Waals surface area contributed by atoms with Crippen LogP contribution in [0.3, 0.4) is 0 Å². The third kappa shape index (κ3) is 4.64. The lowest BCUT2D eigenvalue weighted by Crippen LogP contribution is -2.35. The summed E-state index contributed by atoms with van der Waals surface area (Å²) in [6, 6.07) is 7.02. The first-order chi connectivity index (χ1) is 7.49. The van der Waals surface area contributed by atoms with Gasteiger partial charge in [-0.1, -0.05) is 28.1 Å².